The number of alkyl halides is 3. The van der Waals surface area contributed by atoms with Gasteiger partial charge >= 0.3 is 6.18 Å². The second-order valence-electron chi connectivity index (χ2n) is 8.51. The molecule has 6 nitrogen and oxygen atoms in total. The van der Waals surface area contributed by atoms with E-state index < -0.39 is 17.3 Å². The molecule has 0 spiro atoms. The Hall–Kier alpha value is -3.49. The van der Waals surface area contributed by atoms with Crippen LogP contribution in [0.25, 0.3) is 16.9 Å². The van der Waals surface area contributed by atoms with Gasteiger partial charge in [-0.05, 0) is 69.0 Å². The smallest absolute Gasteiger partial charge is 0.418 e. The summed E-state index contributed by atoms with van der Waals surface area (Å²) >= 11 is 0. The summed E-state index contributed by atoms with van der Waals surface area (Å²) < 4.78 is 53.5. The molecule has 34 heavy (non-hydrogen) atoms. The first-order valence-electron chi connectivity index (χ1n) is 11.0. The number of aromatic nitrogens is 2. The monoisotopic (exact) mass is 473 g/mol. The number of ether oxygens (including phenoxy) is 2. The number of hydrogen-bond acceptors (Lipinski definition) is 5. The Labute approximate surface area is 195 Å². The molecular formula is C25H26F3N3O3. The Kier molecular flexibility index (Phi) is 6.29. The van der Waals surface area contributed by atoms with Crippen LogP contribution in [0.2, 0.25) is 0 Å². The summed E-state index contributed by atoms with van der Waals surface area (Å²) in [6.07, 6.45) is -2.83. The third-order valence-corrected chi connectivity index (χ3v) is 5.77. The van der Waals surface area contributed by atoms with E-state index >= 15 is 0 Å². The van der Waals surface area contributed by atoms with Gasteiger partial charge in [0.25, 0.3) is 5.56 Å². The van der Waals surface area contributed by atoms with Gasteiger partial charge in [-0.3, -0.25) is 4.79 Å². The molecule has 1 aliphatic carbocycles. The predicted molar refractivity (Wildman–Crippen MR) is 124 cm³/mol. The van der Waals surface area contributed by atoms with Crippen molar-refractivity contribution in [2.75, 3.05) is 19.5 Å². The van der Waals surface area contributed by atoms with Crippen LogP contribution in [0.3, 0.4) is 0 Å². The average molecular weight is 473 g/mol. The fourth-order valence-electron chi connectivity index (χ4n) is 4.28. The third kappa shape index (κ3) is 4.47. The SMILES string of the molecule is COc1cc(OC)cc(-c2nn(-c3cc(NC(C)C)ccc3C(F)(F)F)c(=O)c3c2CCC3)c1. The van der Waals surface area contributed by atoms with E-state index in [4.69, 9.17) is 9.47 Å². The number of nitrogens with one attached hydrogen (secondary N) is 1. The molecule has 1 aromatic heterocycles. The fraction of sp³-hybridized carbons (Fsp3) is 0.360. The second kappa shape index (κ2) is 9.04. The lowest BCUT2D eigenvalue weighted by molar-refractivity contribution is -0.137. The summed E-state index contributed by atoms with van der Waals surface area (Å²) in [7, 11) is 3.03. The Morgan fingerprint density at radius 2 is 1.65 bits per heavy atom. The molecule has 0 bridgehead atoms. The van der Waals surface area contributed by atoms with E-state index in [0.717, 1.165) is 22.7 Å². The fourth-order valence-corrected chi connectivity index (χ4v) is 4.28. The molecule has 0 unspecified atom stereocenters. The first kappa shape index (κ1) is 23.7. The molecule has 1 aliphatic rings. The summed E-state index contributed by atoms with van der Waals surface area (Å²) in [5.41, 5.74) is 0.990. The zero-order chi connectivity index (χ0) is 24.6. The molecule has 0 radical (unpaired) electrons. The molecule has 0 fully saturated rings. The maximum absolute atomic E-state index is 14.0. The summed E-state index contributed by atoms with van der Waals surface area (Å²) in [6, 6.07) is 8.83. The van der Waals surface area contributed by atoms with Crippen molar-refractivity contribution in [3.05, 3.63) is 63.4 Å². The van der Waals surface area contributed by atoms with Gasteiger partial charge in [-0.25, -0.2) is 0 Å². The van der Waals surface area contributed by atoms with E-state index in [-0.39, 0.29) is 11.7 Å². The van der Waals surface area contributed by atoms with Crippen molar-refractivity contribution in [1.82, 2.24) is 9.78 Å². The van der Waals surface area contributed by atoms with Gasteiger partial charge in [-0.15, -0.1) is 0 Å². The number of fused-ring (bicyclic) bond motifs is 1. The van der Waals surface area contributed by atoms with Crippen LogP contribution in [0.4, 0.5) is 18.9 Å². The van der Waals surface area contributed by atoms with Gasteiger partial charge in [0, 0.05) is 28.9 Å². The van der Waals surface area contributed by atoms with Crippen LogP contribution < -0.4 is 20.3 Å². The van der Waals surface area contributed by atoms with E-state index in [9.17, 15) is 18.0 Å². The topological polar surface area (TPSA) is 65.4 Å². The van der Waals surface area contributed by atoms with E-state index in [1.165, 1.54) is 26.4 Å². The van der Waals surface area contributed by atoms with Gasteiger partial charge in [-0.2, -0.15) is 23.0 Å². The zero-order valence-corrected chi connectivity index (χ0v) is 19.4. The molecule has 0 saturated heterocycles. The van der Waals surface area contributed by atoms with Crippen molar-refractivity contribution in [3.63, 3.8) is 0 Å². The quantitative estimate of drug-likeness (QED) is 0.530. The molecule has 3 aromatic rings. The normalized spacial score (nSPS) is 13.2. The summed E-state index contributed by atoms with van der Waals surface area (Å²) in [4.78, 5) is 13.4. The standard InChI is InChI=1S/C25H26F3N3O3/c1-14(2)29-16-8-9-21(25(26,27)28)22(12-16)31-24(32)20-7-5-6-19(20)23(30-31)15-10-17(33-3)13-18(11-15)34-4/h8-14,29H,5-7H2,1-4H3. The molecule has 2 aromatic carbocycles. The molecule has 4 rings (SSSR count). The largest absolute Gasteiger partial charge is 0.497 e. The number of anilines is 1. The third-order valence-electron chi connectivity index (χ3n) is 5.77. The molecule has 0 aliphatic heterocycles. The van der Waals surface area contributed by atoms with Gasteiger partial charge in [0.1, 0.15) is 11.5 Å². The Bertz CT molecular complexity index is 1260. The van der Waals surface area contributed by atoms with E-state index in [1.807, 2.05) is 13.8 Å². The van der Waals surface area contributed by atoms with Crippen molar-refractivity contribution in [3.8, 4) is 28.4 Å². The van der Waals surface area contributed by atoms with Crippen LogP contribution in [-0.4, -0.2) is 30.0 Å². The number of hydrogen-bond donors (Lipinski definition) is 1. The van der Waals surface area contributed by atoms with Crippen LogP contribution in [-0.2, 0) is 19.0 Å². The maximum Gasteiger partial charge on any atom is 0.418 e. The van der Waals surface area contributed by atoms with Crippen molar-refractivity contribution in [1.29, 1.82) is 0 Å². The first-order chi connectivity index (χ1) is 16.1. The number of halogens is 3. The summed E-state index contributed by atoms with van der Waals surface area (Å²) in [5.74, 6) is 1.03. The van der Waals surface area contributed by atoms with Gasteiger partial charge in [-0.1, -0.05) is 0 Å². The molecule has 0 amide bonds. The van der Waals surface area contributed by atoms with Gasteiger partial charge in [0.15, 0.2) is 0 Å². The lowest BCUT2D eigenvalue weighted by atomic mass is 10.0. The highest BCUT2D eigenvalue weighted by atomic mass is 19.4. The highest BCUT2D eigenvalue weighted by molar-refractivity contribution is 5.69. The maximum atomic E-state index is 14.0. The highest BCUT2D eigenvalue weighted by Gasteiger charge is 2.35. The summed E-state index contributed by atoms with van der Waals surface area (Å²) in [6.45, 7) is 3.76. The van der Waals surface area contributed by atoms with Crippen LogP contribution in [0.5, 0.6) is 11.5 Å². The Morgan fingerprint density at radius 3 is 2.24 bits per heavy atom. The van der Waals surface area contributed by atoms with Crippen molar-refractivity contribution >= 4 is 5.69 Å². The van der Waals surface area contributed by atoms with E-state index in [0.29, 0.717) is 46.8 Å². The predicted octanol–water partition coefficient (Wildman–Crippen LogP) is 5.24. The Morgan fingerprint density at radius 1 is 1.00 bits per heavy atom. The average Bonchev–Trinajstić information content (AvgIpc) is 3.28. The van der Waals surface area contributed by atoms with Gasteiger partial charge in [0.2, 0.25) is 0 Å². The number of methoxy groups -OCH3 is 2. The molecule has 0 atom stereocenters. The lowest BCUT2D eigenvalue weighted by Gasteiger charge is -2.19. The van der Waals surface area contributed by atoms with Crippen LogP contribution in [0.1, 0.15) is 37.0 Å². The Balaban J connectivity index is 2.01. The van der Waals surface area contributed by atoms with Gasteiger partial charge in [0.05, 0.1) is 31.2 Å². The van der Waals surface area contributed by atoms with E-state index in [2.05, 4.69) is 10.4 Å². The highest BCUT2D eigenvalue weighted by Crippen LogP contribution is 2.37. The second-order valence-corrected chi connectivity index (χ2v) is 8.51. The van der Waals surface area contributed by atoms with Gasteiger partial charge < -0.3 is 14.8 Å². The number of nitrogens with zero attached hydrogens (tertiary/aromatic N) is 2. The molecule has 9 heteroatoms. The zero-order valence-electron chi connectivity index (χ0n) is 19.4. The van der Waals surface area contributed by atoms with Crippen LogP contribution in [0.15, 0.2) is 41.2 Å². The van der Waals surface area contributed by atoms with Crippen LogP contribution >= 0.6 is 0 Å². The lowest BCUT2D eigenvalue weighted by Crippen LogP contribution is -2.28. The minimum absolute atomic E-state index is 0.00546. The molecule has 1 N–H and O–H groups in total. The first-order valence-corrected chi connectivity index (χ1v) is 11.0. The van der Waals surface area contributed by atoms with E-state index in [1.54, 1.807) is 18.2 Å². The molecule has 180 valence electrons. The molecule has 1 heterocycles. The number of rotatable bonds is 6. The minimum atomic E-state index is -4.66. The van der Waals surface area contributed by atoms with Crippen LogP contribution in [0, 0.1) is 0 Å². The minimum Gasteiger partial charge on any atom is -0.497 e. The van der Waals surface area contributed by atoms with Crippen molar-refractivity contribution in [2.45, 2.75) is 45.3 Å². The molecule has 0 saturated carbocycles. The van der Waals surface area contributed by atoms with Crippen molar-refractivity contribution < 1.29 is 22.6 Å². The molecular weight excluding hydrogens is 447 g/mol. The number of benzene rings is 2. The summed E-state index contributed by atoms with van der Waals surface area (Å²) in [5, 5.41) is 7.59. The van der Waals surface area contributed by atoms with Crippen molar-refractivity contribution in [2.24, 2.45) is 0 Å².